The first-order valence-electron chi connectivity index (χ1n) is 6.14. The largest absolute Gasteiger partial charge is 0.0654 e. The maximum absolute atomic E-state index is 2.41. The fourth-order valence-corrected chi connectivity index (χ4v) is 2.66. The lowest BCUT2D eigenvalue weighted by Gasteiger charge is -2.32. The zero-order valence-electron chi connectivity index (χ0n) is 10.6. The van der Waals surface area contributed by atoms with Gasteiger partial charge in [0.25, 0.3) is 0 Å². The van der Waals surface area contributed by atoms with E-state index in [9.17, 15) is 0 Å². The first kappa shape index (κ1) is 12.3. The van der Waals surface area contributed by atoms with Crippen LogP contribution in [-0.4, -0.2) is 0 Å². The van der Waals surface area contributed by atoms with Crippen LogP contribution in [0.2, 0.25) is 0 Å². The minimum atomic E-state index is 0.365. The van der Waals surface area contributed by atoms with Gasteiger partial charge in [0.2, 0.25) is 0 Å². The lowest BCUT2D eigenvalue weighted by Crippen LogP contribution is -2.23. The highest BCUT2D eigenvalue weighted by molar-refractivity contribution is 5.24. The van der Waals surface area contributed by atoms with Gasteiger partial charge in [0.15, 0.2) is 0 Å². The Morgan fingerprint density at radius 1 is 1.13 bits per heavy atom. The third-order valence-electron chi connectivity index (χ3n) is 3.13. The van der Waals surface area contributed by atoms with Crippen LogP contribution in [0, 0.1) is 5.92 Å². The van der Waals surface area contributed by atoms with Gasteiger partial charge >= 0.3 is 0 Å². The van der Waals surface area contributed by atoms with E-state index in [0.717, 1.165) is 5.92 Å². The van der Waals surface area contributed by atoms with Gasteiger partial charge in [0.05, 0.1) is 0 Å². The molecule has 1 aromatic rings. The van der Waals surface area contributed by atoms with Crippen molar-refractivity contribution in [2.45, 2.75) is 52.4 Å². The fraction of sp³-hybridized carbons (Fsp3) is 0.600. The predicted molar refractivity (Wildman–Crippen MR) is 68.2 cm³/mol. The summed E-state index contributed by atoms with van der Waals surface area (Å²) in [5.74, 6) is 0.766. The van der Waals surface area contributed by atoms with Gasteiger partial charge in [-0.3, -0.25) is 0 Å². The summed E-state index contributed by atoms with van der Waals surface area (Å²) in [5.41, 5.74) is 1.87. The summed E-state index contributed by atoms with van der Waals surface area (Å²) >= 11 is 0. The minimum absolute atomic E-state index is 0.365. The highest BCUT2D eigenvalue weighted by atomic mass is 14.3. The van der Waals surface area contributed by atoms with Crippen molar-refractivity contribution in [2.24, 2.45) is 5.92 Å². The van der Waals surface area contributed by atoms with E-state index in [1.54, 1.807) is 0 Å². The average molecular weight is 204 g/mol. The molecule has 0 heteroatoms. The Labute approximate surface area is 94.7 Å². The van der Waals surface area contributed by atoms with E-state index in [-0.39, 0.29) is 0 Å². The van der Waals surface area contributed by atoms with Gasteiger partial charge < -0.3 is 0 Å². The molecule has 0 spiro atoms. The molecule has 0 amide bonds. The van der Waals surface area contributed by atoms with Gasteiger partial charge in [0, 0.05) is 0 Å². The van der Waals surface area contributed by atoms with Crippen LogP contribution in [0.25, 0.3) is 0 Å². The van der Waals surface area contributed by atoms with E-state index in [0.29, 0.717) is 5.41 Å². The van der Waals surface area contributed by atoms with Gasteiger partial charge in [-0.25, -0.2) is 0 Å². The summed E-state index contributed by atoms with van der Waals surface area (Å²) < 4.78 is 0. The molecule has 0 aliphatic rings. The lowest BCUT2D eigenvalue weighted by atomic mass is 9.73. The normalized spacial score (nSPS) is 15.3. The smallest absolute Gasteiger partial charge is 0.00729 e. The van der Waals surface area contributed by atoms with Crippen LogP contribution in [0.15, 0.2) is 30.3 Å². The molecule has 0 aromatic heterocycles. The number of rotatable bonds is 5. The van der Waals surface area contributed by atoms with Gasteiger partial charge in [-0.05, 0) is 29.7 Å². The molecule has 0 fully saturated rings. The van der Waals surface area contributed by atoms with Crippen LogP contribution in [0.3, 0.4) is 0 Å². The number of hydrogen-bond donors (Lipinski definition) is 0. The van der Waals surface area contributed by atoms with Crippen molar-refractivity contribution >= 4 is 0 Å². The molecule has 1 atom stereocenters. The summed E-state index contributed by atoms with van der Waals surface area (Å²) in [7, 11) is 0. The van der Waals surface area contributed by atoms with Crippen molar-refractivity contribution in [1.29, 1.82) is 0 Å². The summed E-state index contributed by atoms with van der Waals surface area (Å²) in [4.78, 5) is 0. The Bertz CT molecular complexity index is 273. The fourth-order valence-electron chi connectivity index (χ4n) is 2.66. The molecule has 0 heterocycles. The quantitative estimate of drug-likeness (QED) is 0.647. The average Bonchev–Trinajstić information content (AvgIpc) is 2.18. The molecule has 0 radical (unpaired) electrons. The van der Waals surface area contributed by atoms with E-state index >= 15 is 0 Å². The maximum Gasteiger partial charge on any atom is -0.00729 e. The van der Waals surface area contributed by atoms with Crippen molar-refractivity contribution in [3.8, 4) is 0 Å². The Morgan fingerprint density at radius 3 is 2.20 bits per heavy atom. The van der Waals surface area contributed by atoms with E-state index in [2.05, 4.69) is 58.0 Å². The molecule has 0 aliphatic carbocycles. The van der Waals surface area contributed by atoms with Crippen LogP contribution < -0.4 is 0 Å². The van der Waals surface area contributed by atoms with Crippen molar-refractivity contribution < 1.29 is 0 Å². The third-order valence-corrected chi connectivity index (χ3v) is 3.13. The molecule has 15 heavy (non-hydrogen) atoms. The summed E-state index contributed by atoms with van der Waals surface area (Å²) in [5, 5.41) is 0. The molecule has 1 rings (SSSR count). The number of hydrogen-bond acceptors (Lipinski definition) is 0. The molecule has 0 saturated carbocycles. The molecule has 84 valence electrons. The van der Waals surface area contributed by atoms with Crippen molar-refractivity contribution in [3.63, 3.8) is 0 Å². The maximum atomic E-state index is 2.41. The molecule has 1 unspecified atom stereocenters. The van der Waals surface area contributed by atoms with Crippen LogP contribution in [0.4, 0.5) is 0 Å². The Balaban J connectivity index is 2.90. The van der Waals surface area contributed by atoms with Gasteiger partial charge in [0.1, 0.15) is 0 Å². The molecular weight excluding hydrogens is 180 g/mol. The highest BCUT2D eigenvalue weighted by Gasteiger charge is 2.26. The van der Waals surface area contributed by atoms with E-state index in [4.69, 9.17) is 0 Å². The van der Waals surface area contributed by atoms with E-state index in [1.165, 1.54) is 24.8 Å². The van der Waals surface area contributed by atoms with Crippen LogP contribution in [-0.2, 0) is 5.41 Å². The SMILES string of the molecule is CCCC(C)(CC(C)C)c1ccccc1. The van der Waals surface area contributed by atoms with Crippen molar-refractivity contribution in [1.82, 2.24) is 0 Å². The molecule has 0 nitrogen and oxygen atoms in total. The summed E-state index contributed by atoms with van der Waals surface area (Å²) in [6.45, 7) is 9.32. The number of benzene rings is 1. The van der Waals surface area contributed by atoms with E-state index < -0.39 is 0 Å². The van der Waals surface area contributed by atoms with Crippen LogP contribution in [0.5, 0.6) is 0 Å². The molecule has 0 saturated heterocycles. The zero-order chi connectivity index (χ0) is 11.3. The Morgan fingerprint density at radius 2 is 1.73 bits per heavy atom. The summed E-state index contributed by atoms with van der Waals surface area (Å²) in [6, 6.07) is 11.0. The molecule has 0 bridgehead atoms. The highest BCUT2D eigenvalue weighted by Crippen LogP contribution is 2.35. The van der Waals surface area contributed by atoms with Crippen molar-refractivity contribution in [2.75, 3.05) is 0 Å². The zero-order valence-corrected chi connectivity index (χ0v) is 10.6. The molecule has 0 N–H and O–H groups in total. The predicted octanol–water partition coefficient (Wildman–Crippen LogP) is 4.79. The van der Waals surface area contributed by atoms with E-state index in [1.807, 2.05) is 0 Å². The van der Waals surface area contributed by atoms with Gasteiger partial charge in [-0.2, -0.15) is 0 Å². The summed E-state index contributed by atoms with van der Waals surface area (Å²) in [6.07, 6.45) is 3.83. The molecule has 1 aromatic carbocycles. The topological polar surface area (TPSA) is 0 Å². The third kappa shape index (κ3) is 3.37. The van der Waals surface area contributed by atoms with Gasteiger partial charge in [-0.15, -0.1) is 0 Å². The second-order valence-corrected chi connectivity index (χ2v) is 5.27. The Kier molecular flexibility index (Phi) is 4.38. The molecular formula is C15H24. The molecule has 0 aliphatic heterocycles. The minimum Gasteiger partial charge on any atom is -0.0654 e. The van der Waals surface area contributed by atoms with Crippen LogP contribution >= 0.6 is 0 Å². The first-order valence-corrected chi connectivity index (χ1v) is 6.14. The van der Waals surface area contributed by atoms with Crippen LogP contribution in [0.1, 0.15) is 52.5 Å². The first-order chi connectivity index (χ1) is 7.08. The second-order valence-electron chi connectivity index (χ2n) is 5.27. The van der Waals surface area contributed by atoms with Gasteiger partial charge in [-0.1, -0.05) is 64.4 Å². The lowest BCUT2D eigenvalue weighted by molar-refractivity contribution is 0.342. The Hall–Kier alpha value is -0.780. The standard InChI is InChI=1S/C15H24/c1-5-11-15(4,12-13(2)3)14-9-7-6-8-10-14/h6-10,13H,5,11-12H2,1-4H3. The monoisotopic (exact) mass is 204 g/mol. The van der Waals surface area contributed by atoms with Crippen molar-refractivity contribution in [3.05, 3.63) is 35.9 Å². The second kappa shape index (κ2) is 5.34.